The molecule has 4 nitrogen and oxygen atoms in total. The minimum absolute atomic E-state index is 0. The molecule has 1 aliphatic heterocycles. The Hall–Kier alpha value is -0.990. The van der Waals surface area contributed by atoms with Crippen LogP contribution in [0.2, 0.25) is 5.02 Å². The summed E-state index contributed by atoms with van der Waals surface area (Å²) in [6, 6.07) is 11.3. The van der Waals surface area contributed by atoms with Crippen LogP contribution in [-0.2, 0) is 10.0 Å². The predicted octanol–water partition coefficient (Wildman–Crippen LogP) is 4.80. The standard InChI is InChI=1S/C17H18ClFN2O2S2.ClH/c1-20-10-4-7-17-24-16-6-3-2-5-15(16)21(25(17,22)23)12-8-9-14(19)13(18)11-12;/h2-3,5-6,8-9,11,17,20H,4,7,10H2,1H3;1H. The summed E-state index contributed by atoms with van der Waals surface area (Å²) in [5.41, 5.74) is 0.915. The van der Waals surface area contributed by atoms with Crippen molar-refractivity contribution >= 4 is 57.2 Å². The van der Waals surface area contributed by atoms with E-state index in [1.54, 1.807) is 12.1 Å². The molecule has 1 heterocycles. The zero-order valence-electron chi connectivity index (χ0n) is 14.0. The van der Waals surface area contributed by atoms with Crippen LogP contribution in [-0.4, -0.2) is 26.6 Å². The van der Waals surface area contributed by atoms with Gasteiger partial charge in [0.25, 0.3) is 10.0 Å². The fourth-order valence-corrected chi connectivity index (χ4v) is 6.57. The van der Waals surface area contributed by atoms with Gasteiger partial charge in [0.15, 0.2) is 0 Å². The quantitative estimate of drug-likeness (QED) is 0.683. The average molecular weight is 437 g/mol. The van der Waals surface area contributed by atoms with Gasteiger partial charge in [0.2, 0.25) is 0 Å². The van der Waals surface area contributed by atoms with E-state index < -0.39 is 20.4 Å². The van der Waals surface area contributed by atoms with Gasteiger partial charge >= 0.3 is 0 Å². The number of hydrogen-bond acceptors (Lipinski definition) is 4. The Labute approximate surface area is 168 Å². The molecule has 0 bridgehead atoms. The molecule has 3 rings (SSSR count). The molecule has 0 spiro atoms. The van der Waals surface area contributed by atoms with Crippen LogP contribution in [0.1, 0.15) is 12.8 Å². The first-order chi connectivity index (χ1) is 11.9. The van der Waals surface area contributed by atoms with Crippen LogP contribution >= 0.6 is 35.8 Å². The third kappa shape index (κ3) is 4.12. The second-order valence-corrected chi connectivity index (χ2v) is 9.58. The molecule has 0 saturated heterocycles. The first-order valence-electron chi connectivity index (χ1n) is 7.84. The van der Waals surface area contributed by atoms with E-state index >= 15 is 0 Å². The summed E-state index contributed by atoms with van der Waals surface area (Å²) in [4.78, 5) is 0.882. The van der Waals surface area contributed by atoms with Gasteiger partial charge in [-0.1, -0.05) is 23.7 Å². The van der Waals surface area contributed by atoms with Gasteiger partial charge in [-0.25, -0.2) is 17.1 Å². The van der Waals surface area contributed by atoms with Crippen molar-refractivity contribution < 1.29 is 12.8 Å². The molecular weight excluding hydrogens is 418 g/mol. The number of benzene rings is 2. The van der Waals surface area contributed by atoms with Crippen LogP contribution in [0.3, 0.4) is 0 Å². The number of sulfonamides is 1. The fraction of sp³-hybridized carbons (Fsp3) is 0.294. The molecule has 0 saturated carbocycles. The van der Waals surface area contributed by atoms with Gasteiger partial charge < -0.3 is 5.32 Å². The lowest BCUT2D eigenvalue weighted by Gasteiger charge is -2.35. The Morgan fingerprint density at radius 3 is 2.69 bits per heavy atom. The minimum atomic E-state index is -3.65. The number of hydrogen-bond donors (Lipinski definition) is 1. The van der Waals surface area contributed by atoms with Crippen molar-refractivity contribution in [1.29, 1.82) is 0 Å². The number of nitrogens with one attached hydrogen (secondary N) is 1. The highest BCUT2D eigenvalue weighted by atomic mass is 35.5. The molecule has 1 atom stereocenters. The molecule has 0 fully saturated rings. The molecule has 26 heavy (non-hydrogen) atoms. The van der Waals surface area contributed by atoms with Gasteiger partial charge in [-0.05, 0) is 56.8 Å². The predicted molar refractivity (Wildman–Crippen MR) is 109 cm³/mol. The second kappa shape index (κ2) is 8.80. The van der Waals surface area contributed by atoms with Crippen molar-refractivity contribution in [3.63, 3.8) is 0 Å². The second-order valence-electron chi connectivity index (χ2n) is 5.67. The number of fused-ring (bicyclic) bond motifs is 1. The monoisotopic (exact) mass is 436 g/mol. The minimum Gasteiger partial charge on any atom is -0.320 e. The van der Waals surface area contributed by atoms with Gasteiger partial charge in [-0.2, -0.15) is 0 Å². The maximum atomic E-state index is 13.5. The number of para-hydroxylation sites is 1. The van der Waals surface area contributed by atoms with Crippen molar-refractivity contribution in [1.82, 2.24) is 5.32 Å². The van der Waals surface area contributed by atoms with E-state index in [0.717, 1.165) is 17.9 Å². The zero-order chi connectivity index (χ0) is 18.0. The Balaban J connectivity index is 0.00000243. The molecule has 2 aromatic carbocycles. The summed E-state index contributed by atoms with van der Waals surface area (Å²) in [6.07, 6.45) is 1.27. The third-order valence-corrected chi connectivity index (χ3v) is 8.16. The molecule has 1 unspecified atom stereocenters. The van der Waals surface area contributed by atoms with Crippen LogP contribution in [0.15, 0.2) is 47.4 Å². The van der Waals surface area contributed by atoms with E-state index in [-0.39, 0.29) is 17.4 Å². The van der Waals surface area contributed by atoms with Gasteiger partial charge in [0, 0.05) is 4.90 Å². The number of halogens is 3. The van der Waals surface area contributed by atoms with Crippen LogP contribution in [0, 0.1) is 5.82 Å². The highest BCUT2D eigenvalue weighted by molar-refractivity contribution is 8.14. The molecule has 0 amide bonds. The lowest BCUT2D eigenvalue weighted by Crippen LogP contribution is -2.37. The smallest absolute Gasteiger partial charge is 0.252 e. The number of thioether (sulfide) groups is 1. The molecule has 1 aliphatic rings. The zero-order valence-corrected chi connectivity index (χ0v) is 17.2. The van der Waals surface area contributed by atoms with E-state index in [1.165, 1.54) is 34.3 Å². The van der Waals surface area contributed by atoms with E-state index in [2.05, 4.69) is 5.32 Å². The molecular formula is C17H19Cl2FN2O2S2. The van der Waals surface area contributed by atoms with Crippen LogP contribution < -0.4 is 9.62 Å². The summed E-state index contributed by atoms with van der Waals surface area (Å²) in [6.45, 7) is 0.747. The first kappa shape index (κ1) is 21.3. The molecule has 0 aliphatic carbocycles. The summed E-state index contributed by atoms with van der Waals surface area (Å²) in [7, 11) is -1.82. The van der Waals surface area contributed by atoms with Crippen molar-refractivity contribution in [3.05, 3.63) is 53.3 Å². The van der Waals surface area contributed by atoms with Crippen LogP contribution in [0.4, 0.5) is 15.8 Å². The normalized spacial score (nSPS) is 18.1. The van der Waals surface area contributed by atoms with Gasteiger partial charge in [0.1, 0.15) is 10.4 Å². The lowest BCUT2D eigenvalue weighted by atomic mass is 10.2. The van der Waals surface area contributed by atoms with Crippen molar-refractivity contribution in [3.8, 4) is 0 Å². The highest BCUT2D eigenvalue weighted by Gasteiger charge is 2.39. The molecule has 0 aromatic heterocycles. The Morgan fingerprint density at radius 2 is 2.00 bits per heavy atom. The summed E-state index contributed by atoms with van der Waals surface area (Å²) < 4.78 is 40.6. The molecule has 142 valence electrons. The maximum absolute atomic E-state index is 13.5. The maximum Gasteiger partial charge on any atom is 0.252 e. The first-order valence-corrected chi connectivity index (χ1v) is 10.6. The van der Waals surface area contributed by atoms with E-state index in [4.69, 9.17) is 11.6 Å². The highest BCUT2D eigenvalue weighted by Crippen LogP contribution is 2.47. The van der Waals surface area contributed by atoms with Crippen molar-refractivity contribution in [2.24, 2.45) is 0 Å². The number of nitrogens with zero attached hydrogens (tertiary/aromatic N) is 1. The van der Waals surface area contributed by atoms with Crippen molar-refractivity contribution in [2.45, 2.75) is 22.3 Å². The summed E-state index contributed by atoms with van der Waals surface area (Å²) in [5, 5.41) is 2.93. The fourth-order valence-electron chi connectivity index (χ4n) is 2.73. The Bertz CT molecular complexity index is 881. The van der Waals surface area contributed by atoms with Gasteiger partial charge in [-0.3, -0.25) is 0 Å². The molecule has 1 N–H and O–H groups in total. The summed E-state index contributed by atoms with van der Waals surface area (Å²) in [5.74, 6) is -0.576. The molecule has 9 heteroatoms. The third-order valence-electron chi connectivity index (χ3n) is 3.93. The van der Waals surface area contributed by atoms with E-state index in [9.17, 15) is 12.8 Å². The molecule has 2 aromatic rings. The Kier molecular flexibility index (Phi) is 7.21. The molecule has 0 radical (unpaired) electrons. The number of rotatable bonds is 5. The Morgan fingerprint density at radius 1 is 1.27 bits per heavy atom. The summed E-state index contributed by atoms with van der Waals surface area (Å²) >= 11 is 7.24. The SMILES string of the molecule is CNCCCC1Sc2ccccc2N(c2ccc(F)c(Cl)c2)S1(=O)=O.Cl. The van der Waals surface area contributed by atoms with Crippen LogP contribution in [0.25, 0.3) is 0 Å². The number of anilines is 2. The average Bonchev–Trinajstić information content (AvgIpc) is 2.58. The largest absolute Gasteiger partial charge is 0.320 e. The van der Waals surface area contributed by atoms with Gasteiger partial charge in [0.05, 0.1) is 16.4 Å². The van der Waals surface area contributed by atoms with Crippen molar-refractivity contribution in [2.75, 3.05) is 17.9 Å². The van der Waals surface area contributed by atoms with Gasteiger partial charge in [-0.15, -0.1) is 24.2 Å². The topological polar surface area (TPSA) is 49.4 Å². The lowest BCUT2D eigenvalue weighted by molar-refractivity contribution is 0.584. The van der Waals surface area contributed by atoms with E-state index in [0.29, 0.717) is 17.8 Å². The van der Waals surface area contributed by atoms with E-state index in [1.807, 2.05) is 19.2 Å². The van der Waals surface area contributed by atoms with Crippen LogP contribution in [0.5, 0.6) is 0 Å².